The second-order valence-corrected chi connectivity index (χ2v) is 6.48. The van der Waals surface area contributed by atoms with Gasteiger partial charge in [0.25, 0.3) is 0 Å². The monoisotopic (exact) mass is 343 g/mol. The number of carbonyl (C=O) groups is 1. The van der Waals surface area contributed by atoms with Gasteiger partial charge in [-0.1, -0.05) is 78.9 Å². The molecule has 0 aliphatic heterocycles. The van der Waals surface area contributed by atoms with Crippen molar-refractivity contribution >= 4 is 6.09 Å². The molecule has 0 radical (unpaired) electrons. The molecule has 1 aliphatic rings. The van der Waals surface area contributed by atoms with E-state index in [0.717, 1.165) is 6.42 Å². The smallest absolute Gasteiger partial charge is 0.407 e. The van der Waals surface area contributed by atoms with Gasteiger partial charge in [-0.05, 0) is 27.8 Å². The van der Waals surface area contributed by atoms with E-state index in [0.29, 0.717) is 13.2 Å². The van der Waals surface area contributed by atoms with Crippen LogP contribution in [0.15, 0.2) is 78.9 Å². The fourth-order valence-electron chi connectivity index (χ4n) is 3.62. The van der Waals surface area contributed by atoms with Crippen LogP contribution in [0.5, 0.6) is 0 Å². The van der Waals surface area contributed by atoms with Crippen molar-refractivity contribution in [1.82, 2.24) is 5.32 Å². The summed E-state index contributed by atoms with van der Waals surface area (Å²) in [6.07, 6.45) is 0.367. The third-order valence-electron chi connectivity index (χ3n) is 4.88. The number of fused-ring (bicyclic) bond motifs is 3. The van der Waals surface area contributed by atoms with E-state index in [9.17, 15) is 4.79 Å². The van der Waals surface area contributed by atoms with Crippen LogP contribution in [0.4, 0.5) is 4.79 Å². The van der Waals surface area contributed by atoms with Crippen molar-refractivity contribution in [2.24, 2.45) is 0 Å². The zero-order chi connectivity index (χ0) is 17.8. The number of nitrogens with one attached hydrogen (secondary N) is 1. The predicted octanol–water partition coefficient (Wildman–Crippen LogP) is 4.77. The number of rotatable bonds is 5. The Hall–Kier alpha value is -3.07. The lowest BCUT2D eigenvalue weighted by molar-refractivity contribution is 0.147. The van der Waals surface area contributed by atoms with Crippen LogP contribution in [0.3, 0.4) is 0 Å². The van der Waals surface area contributed by atoms with Crippen LogP contribution >= 0.6 is 0 Å². The number of ether oxygens (including phenoxy) is 1. The minimum absolute atomic E-state index is 0.170. The van der Waals surface area contributed by atoms with Gasteiger partial charge < -0.3 is 10.1 Å². The molecule has 0 heterocycles. The molecule has 26 heavy (non-hydrogen) atoms. The van der Waals surface area contributed by atoms with E-state index in [2.05, 4.69) is 53.8 Å². The van der Waals surface area contributed by atoms with Crippen LogP contribution in [0.1, 0.15) is 22.6 Å². The van der Waals surface area contributed by atoms with Crippen molar-refractivity contribution in [3.05, 3.63) is 95.6 Å². The Balaban J connectivity index is 1.36. The van der Waals surface area contributed by atoms with E-state index in [1.807, 2.05) is 30.3 Å². The standard InChI is InChI=1S/C23H21NO2/c25-23(26-15-14-17-8-2-1-3-9-17)24-16-22-20-12-6-4-10-18(20)19-11-5-7-13-21(19)22/h1-13,22H,14-16H2,(H,24,25). The average molecular weight is 343 g/mol. The summed E-state index contributed by atoms with van der Waals surface area (Å²) in [7, 11) is 0. The van der Waals surface area contributed by atoms with Gasteiger partial charge in [-0.2, -0.15) is 0 Å². The third kappa shape index (κ3) is 3.33. The van der Waals surface area contributed by atoms with Crippen LogP contribution in [-0.2, 0) is 11.2 Å². The Kier molecular flexibility index (Phi) is 4.69. The number of alkyl carbamates (subject to hydrolysis) is 1. The normalized spacial score (nSPS) is 12.3. The summed E-state index contributed by atoms with van der Waals surface area (Å²) in [5, 5.41) is 2.93. The molecule has 0 aromatic heterocycles. The highest BCUT2D eigenvalue weighted by Crippen LogP contribution is 2.43. The number of hydrogen-bond donors (Lipinski definition) is 1. The molecule has 3 aromatic rings. The van der Waals surface area contributed by atoms with Gasteiger partial charge in [0.1, 0.15) is 0 Å². The van der Waals surface area contributed by atoms with Gasteiger partial charge >= 0.3 is 6.09 Å². The molecule has 0 unspecified atom stereocenters. The molecular formula is C23H21NO2. The van der Waals surface area contributed by atoms with Crippen molar-refractivity contribution < 1.29 is 9.53 Å². The summed E-state index contributed by atoms with van der Waals surface area (Å²) in [4.78, 5) is 12.1. The summed E-state index contributed by atoms with van der Waals surface area (Å²) in [6, 6.07) is 26.8. The van der Waals surface area contributed by atoms with Crippen LogP contribution in [0.25, 0.3) is 11.1 Å². The van der Waals surface area contributed by atoms with Crippen molar-refractivity contribution in [3.8, 4) is 11.1 Å². The van der Waals surface area contributed by atoms with Gasteiger partial charge in [0, 0.05) is 18.9 Å². The van der Waals surface area contributed by atoms with E-state index in [-0.39, 0.29) is 12.0 Å². The lowest BCUT2D eigenvalue weighted by Crippen LogP contribution is -2.29. The summed E-state index contributed by atoms with van der Waals surface area (Å²) in [5.74, 6) is 0.170. The van der Waals surface area contributed by atoms with Gasteiger partial charge in [0.05, 0.1) is 6.61 Å². The molecule has 1 amide bonds. The van der Waals surface area contributed by atoms with Crippen molar-refractivity contribution in [1.29, 1.82) is 0 Å². The fraction of sp³-hybridized carbons (Fsp3) is 0.174. The molecule has 130 valence electrons. The Morgan fingerprint density at radius 2 is 1.38 bits per heavy atom. The summed E-state index contributed by atoms with van der Waals surface area (Å²) in [6.45, 7) is 0.923. The van der Waals surface area contributed by atoms with Crippen LogP contribution in [0, 0.1) is 0 Å². The first-order valence-electron chi connectivity index (χ1n) is 8.96. The lowest BCUT2D eigenvalue weighted by atomic mass is 9.97. The van der Waals surface area contributed by atoms with Gasteiger partial charge in [-0.25, -0.2) is 4.79 Å². The zero-order valence-corrected chi connectivity index (χ0v) is 14.5. The fourth-order valence-corrected chi connectivity index (χ4v) is 3.62. The van der Waals surface area contributed by atoms with Crippen LogP contribution in [-0.4, -0.2) is 19.2 Å². The maximum Gasteiger partial charge on any atom is 0.407 e. The molecular weight excluding hydrogens is 322 g/mol. The Morgan fingerprint density at radius 3 is 2.04 bits per heavy atom. The highest BCUT2D eigenvalue weighted by Gasteiger charge is 2.28. The second kappa shape index (κ2) is 7.44. The molecule has 3 nitrogen and oxygen atoms in total. The second-order valence-electron chi connectivity index (χ2n) is 6.48. The summed E-state index contributed by atoms with van der Waals surface area (Å²) >= 11 is 0. The number of carbonyl (C=O) groups excluding carboxylic acids is 1. The lowest BCUT2D eigenvalue weighted by Gasteiger charge is -2.14. The van der Waals surface area contributed by atoms with E-state index in [1.165, 1.54) is 27.8 Å². The largest absolute Gasteiger partial charge is 0.449 e. The SMILES string of the molecule is O=C(NCC1c2ccccc2-c2ccccc21)OCCc1ccccc1. The molecule has 3 heteroatoms. The molecule has 1 aliphatic carbocycles. The maximum absolute atomic E-state index is 12.1. The van der Waals surface area contributed by atoms with Gasteiger partial charge in [-0.15, -0.1) is 0 Å². The predicted molar refractivity (Wildman–Crippen MR) is 103 cm³/mol. The minimum atomic E-state index is -0.359. The van der Waals surface area contributed by atoms with E-state index >= 15 is 0 Å². The van der Waals surface area contributed by atoms with E-state index < -0.39 is 0 Å². The number of benzene rings is 3. The molecule has 4 rings (SSSR count). The first-order chi connectivity index (χ1) is 12.8. The van der Waals surface area contributed by atoms with E-state index in [4.69, 9.17) is 4.74 Å². The molecule has 0 saturated heterocycles. The molecule has 3 aromatic carbocycles. The Bertz CT molecular complexity index is 859. The maximum atomic E-state index is 12.1. The first-order valence-corrected chi connectivity index (χ1v) is 8.96. The van der Waals surface area contributed by atoms with Gasteiger partial charge in [0.15, 0.2) is 0 Å². The number of hydrogen-bond acceptors (Lipinski definition) is 2. The van der Waals surface area contributed by atoms with Crippen molar-refractivity contribution in [2.75, 3.05) is 13.2 Å². The summed E-state index contributed by atoms with van der Waals surface area (Å²) < 4.78 is 5.33. The Morgan fingerprint density at radius 1 is 0.808 bits per heavy atom. The molecule has 0 fully saturated rings. The molecule has 0 bridgehead atoms. The highest BCUT2D eigenvalue weighted by atomic mass is 16.5. The van der Waals surface area contributed by atoms with Crippen molar-refractivity contribution in [2.45, 2.75) is 12.3 Å². The minimum Gasteiger partial charge on any atom is -0.449 e. The highest BCUT2D eigenvalue weighted by molar-refractivity contribution is 5.79. The molecule has 0 spiro atoms. The summed E-state index contributed by atoms with van der Waals surface area (Å²) in [5.41, 5.74) is 6.20. The third-order valence-corrected chi connectivity index (χ3v) is 4.88. The average Bonchev–Trinajstić information content (AvgIpc) is 3.01. The van der Waals surface area contributed by atoms with Gasteiger partial charge in [-0.3, -0.25) is 0 Å². The zero-order valence-electron chi connectivity index (χ0n) is 14.5. The molecule has 0 atom stereocenters. The number of amides is 1. The first kappa shape index (κ1) is 16.4. The van der Waals surface area contributed by atoms with Crippen LogP contribution in [0.2, 0.25) is 0 Å². The quantitative estimate of drug-likeness (QED) is 0.725. The topological polar surface area (TPSA) is 38.3 Å². The van der Waals surface area contributed by atoms with Crippen LogP contribution < -0.4 is 5.32 Å². The Labute approximate surface area is 153 Å². The van der Waals surface area contributed by atoms with Crippen molar-refractivity contribution in [3.63, 3.8) is 0 Å². The van der Waals surface area contributed by atoms with E-state index in [1.54, 1.807) is 0 Å². The van der Waals surface area contributed by atoms with Gasteiger partial charge in [0.2, 0.25) is 0 Å². The molecule has 1 N–H and O–H groups in total. The molecule has 0 saturated carbocycles.